The third-order valence-electron chi connectivity index (χ3n) is 4.05. The van der Waals surface area contributed by atoms with E-state index in [0.717, 1.165) is 0 Å². The van der Waals surface area contributed by atoms with E-state index in [1.165, 1.54) is 0 Å². The number of aromatic nitrogens is 1. The number of amides is 3. The lowest BCUT2D eigenvalue weighted by Gasteiger charge is -2.34. The summed E-state index contributed by atoms with van der Waals surface area (Å²) in [5.41, 5.74) is 0. The molecule has 1 aromatic rings. The van der Waals surface area contributed by atoms with E-state index in [4.69, 9.17) is 4.52 Å². The Labute approximate surface area is 130 Å². The SMILES string of the molecule is CCN(CC)C(=O)N1CCC(C(=O)Nc2cc(C)on2)CC1. The number of anilines is 1. The van der Waals surface area contributed by atoms with Crippen LogP contribution in [0.25, 0.3) is 0 Å². The highest BCUT2D eigenvalue weighted by molar-refractivity contribution is 5.91. The zero-order valence-corrected chi connectivity index (χ0v) is 13.5. The van der Waals surface area contributed by atoms with Gasteiger partial charge in [0.1, 0.15) is 5.76 Å². The summed E-state index contributed by atoms with van der Waals surface area (Å²) in [6.07, 6.45) is 1.35. The minimum atomic E-state index is -0.0854. The number of carbonyl (C=O) groups excluding carboxylic acids is 2. The van der Waals surface area contributed by atoms with Crippen molar-refractivity contribution in [2.24, 2.45) is 5.92 Å². The molecule has 0 radical (unpaired) electrons. The summed E-state index contributed by atoms with van der Waals surface area (Å²) in [7, 11) is 0. The Morgan fingerprint density at radius 3 is 2.50 bits per heavy atom. The van der Waals surface area contributed by atoms with Gasteiger partial charge in [0.15, 0.2) is 5.82 Å². The standard InChI is InChI=1S/C15H24N4O3/c1-4-18(5-2)15(21)19-8-6-12(7-9-19)14(20)16-13-10-11(3)22-17-13/h10,12H,4-9H2,1-3H3,(H,16,17,20). The minimum Gasteiger partial charge on any atom is -0.360 e. The van der Waals surface area contributed by atoms with Crippen LogP contribution in [-0.4, -0.2) is 53.1 Å². The van der Waals surface area contributed by atoms with Crippen LogP contribution in [0.3, 0.4) is 0 Å². The summed E-state index contributed by atoms with van der Waals surface area (Å²) < 4.78 is 4.93. The summed E-state index contributed by atoms with van der Waals surface area (Å²) in [6, 6.07) is 1.76. The second-order valence-electron chi connectivity index (χ2n) is 5.53. The Balaban J connectivity index is 1.83. The van der Waals surface area contributed by atoms with Crippen molar-refractivity contribution in [1.29, 1.82) is 0 Å². The second kappa shape index (κ2) is 7.29. The number of urea groups is 1. The molecule has 7 nitrogen and oxygen atoms in total. The molecule has 1 aromatic heterocycles. The average Bonchev–Trinajstić information content (AvgIpc) is 2.93. The first-order valence-corrected chi connectivity index (χ1v) is 7.83. The molecule has 1 aliphatic heterocycles. The molecule has 0 bridgehead atoms. The fourth-order valence-electron chi connectivity index (χ4n) is 2.68. The number of likely N-dealkylation sites (tertiary alicyclic amines) is 1. The van der Waals surface area contributed by atoms with Gasteiger partial charge >= 0.3 is 6.03 Å². The summed E-state index contributed by atoms with van der Waals surface area (Å²) in [5.74, 6) is 0.972. The number of carbonyl (C=O) groups is 2. The first-order valence-electron chi connectivity index (χ1n) is 7.83. The Bertz CT molecular complexity index is 517. The van der Waals surface area contributed by atoms with E-state index in [1.54, 1.807) is 17.9 Å². The van der Waals surface area contributed by atoms with E-state index in [9.17, 15) is 9.59 Å². The van der Waals surface area contributed by atoms with Crippen LogP contribution in [0, 0.1) is 12.8 Å². The molecule has 0 atom stereocenters. The van der Waals surface area contributed by atoms with Crippen molar-refractivity contribution in [3.05, 3.63) is 11.8 Å². The summed E-state index contributed by atoms with van der Waals surface area (Å²) >= 11 is 0. The zero-order valence-electron chi connectivity index (χ0n) is 13.5. The highest BCUT2D eigenvalue weighted by atomic mass is 16.5. The predicted octanol–water partition coefficient (Wildman–Crippen LogP) is 2.10. The quantitative estimate of drug-likeness (QED) is 0.924. The van der Waals surface area contributed by atoms with Gasteiger partial charge in [-0.25, -0.2) is 4.79 Å². The van der Waals surface area contributed by atoms with Gasteiger partial charge in [0, 0.05) is 38.2 Å². The van der Waals surface area contributed by atoms with Crippen molar-refractivity contribution in [2.75, 3.05) is 31.5 Å². The van der Waals surface area contributed by atoms with E-state index in [1.807, 2.05) is 18.7 Å². The fraction of sp³-hybridized carbons (Fsp3) is 0.667. The van der Waals surface area contributed by atoms with E-state index in [-0.39, 0.29) is 17.9 Å². The number of nitrogens with zero attached hydrogens (tertiary/aromatic N) is 3. The molecule has 22 heavy (non-hydrogen) atoms. The van der Waals surface area contributed by atoms with Gasteiger partial charge in [-0.2, -0.15) is 0 Å². The zero-order chi connectivity index (χ0) is 16.1. The molecule has 1 N–H and O–H groups in total. The maximum atomic E-state index is 12.3. The Morgan fingerprint density at radius 1 is 1.36 bits per heavy atom. The minimum absolute atomic E-state index is 0.0526. The molecule has 1 fully saturated rings. The van der Waals surface area contributed by atoms with Crippen molar-refractivity contribution < 1.29 is 14.1 Å². The van der Waals surface area contributed by atoms with Crippen molar-refractivity contribution >= 4 is 17.8 Å². The van der Waals surface area contributed by atoms with E-state index in [2.05, 4.69) is 10.5 Å². The molecule has 0 aliphatic carbocycles. The van der Waals surface area contributed by atoms with Crippen molar-refractivity contribution in [3.8, 4) is 0 Å². The molecule has 0 aromatic carbocycles. The largest absolute Gasteiger partial charge is 0.360 e. The number of hydrogen-bond donors (Lipinski definition) is 1. The molecular formula is C15H24N4O3. The van der Waals surface area contributed by atoms with Crippen LogP contribution in [0.5, 0.6) is 0 Å². The number of hydrogen-bond acceptors (Lipinski definition) is 4. The van der Waals surface area contributed by atoms with Crippen molar-refractivity contribution in [2.45, 2.75) is 33.6 Å². The lowest BCUT2D eigenvalue weighted by molar-refractivity contribution is -0.121. The van der Waals surface area contributed by atoms with Crippen LogP contribution in [0.1, 0.15) is 32.4 Å². The Morgan fingerprint density at radius 2 is 2.00 bits per heavy atom. The second-order valence-corrected chi connectivity index (χ2v) is 5.53. The molecule has 1 saturated heterocycles. The third kappa shape index (κ3) is 3.78. The van der Waals surface area contributed by atoms with Gasteiger partial charge in [-0.1, -0.05) is 5.16 Å². The molecule has 122 valence electrons. The first-order chi connectivity index (χ1) is 10.5. The third-order valence-corrected chi connectivity index (χ3v) is 4.05. The Kier molecular flexibility index (Phi) is 5.41. The fourth-order valence-corrected chi connectivity index (χ4v) is 2.68. The molecule has 0 unspecified atom stereocenters. The van der Waals surface area contributed by atoms with Crippen LogP contribution in [-0.2, 0) is 4.79 Å². The number of piperidine rings is 1. The van der Waals surface area contributed by atoms with Crippen molar-refractivity contribution in [1.82, 2.24) is 15.0 Å². The highest BCUT2D eigenvalue weighted by Gasteiger charge is 2.29. The van der Waals surface area contributed by atoms with Gasteiger partial charge in [-0.05, 0) is 33.6 Å². The van der Waals surface area contributed by atoms with E-state index >= 15 is 0 Å². The molecule has 0 saturated carbocycles. The topological polar surface area (TPSA) is 78.7 Å². The van der Waals surface area contributed by atoms with Crippen LogP contribution in [0.15, 0.2) is 10.6 Å². The number of nitrogens with one attached hydrogen (secondary N) is 1. The lowest BCUT2D eigenvalue weighted by Crippen LogP contribution is -2.47. The van der Waals surface area contributed by atoms with Crippen LogP contribution >= 0.6 is 0 Å². The molecule has 1 aliphatic rings. The normalized spacial score (nSPS) is 15.7. The number of aryl methyl sites for hydroxylation is 1. The predicted molar refractivity (Wildman–Crippen MR) is 82.5 cm³/mol. The van der Waals surface area contributed by atoms with E-state index in [0.29, 0.717) is 50.6 Å². The smallest absolute Gasteiger partial charge is 0.319 e. The van der Waals surface area contributed by atoms with Crippen LogP contribution < -0.4 is 5.32 Å². The summed E-state index contributed by atoms with van der Waals surface area (Å²) in [6.45, 7) is 8.38. The van der Waals surface area contributed by atoms with Gasteiger partial charge in [0.05, 0.1) is 0 Å². The molecule has 7 heteroatoms. The molecule has 0 spiro atoms. The van der Waals surface area contributed by atoms with Crippen LogP contribution in [0.4, 0.5) is 10.6 Å². The van der Waals surface area contributed by atoms with Crippen LogP contribution in [0.2, 0.25) is 0 Å². The average molecular weight is 308 g/mol. The van der Waals surface area contributed by atoms with Gasteiger partial charge in [0.2, 0.25) is 5.91 Å². The van der Waals surface area contributed by atoms with Crippen molar-refractivity contribution in [3.63, 3.8) is 0 Å². The molecular weight excluding hydrogens is 284 g/mol. The van der Waals surface area contributed by atoms with E-state index < -0.39 is 0 Å². The van der Waals surface area contributed by atoms with Gasteiger partial charge in [0.25, 0.3) is 0 Å². The Hall–Kier alpha value is -2.05. The molecule has 2 rings (SSSR count). The molecule has 2 heterocycles. The van der Waals surface area contributed by atoms with Gasteiger partial charge in [-0.3, -0.25) is 4.79 Å². The maximum absolute atomic E-state index is 12.3. The maximum Gasteiger partial charge on any atom is 0.319 e. The highest BCUT2D eigenvalue weighted by Crippen LogP contribution is 2.20. The number of rotatable bonds is 4. The summed E-state index contributed by atoms with van der Waals surface area (Å²) in [4.78, 5) is 28.1. The first kappa shape index (κ1) is 16.3. The van der Waals surface area contributed by atoms with Gasteiger partial charge < -0.3 is 19.6 Å². The van der Waals surface area contributed by atoms with Gasteiger partial charge in [-0.15, -0.1) is 0 Å². The lowest BCUT2D eigenvalue weighted by atomic mass is 9.96. The monoisotopic (exact) mass is 308 g/mol. The molecule has 3 amide bonds. The summed E-state index contributed by atoms with van der Waals surface area (Å²) in [5, 5.41) is 6.52.